The Morgan fingerprint density at radius 1 is 1.19 bits per heavy atom. The van der Waals surface area contributed by atoms with Crippen molar-refractivity contribution in [1.82, 2.24) is 14.1 Å². The molecule has 0 amide bonds. The van der Waals surface area contributed by atoms with E-state index in [2.05, 4.69) is 21.0 Å². The first kappa shape index (κ1) is 21.5. The lowest BCUT2D eigenvalue weighted by Crippen LogP contribution is -2.51. The lowest BCUT2D eigenvalue weighted by Gasteiger charge is -2.45. The quantitative estimate of drug-likeness (QED) is 0.571. The third-order valence-corrected chi connectivity index (χ3v) is 8.66. The van der Waals surface area contributed by atoms with Gasteiger partial charge in [-0.05, 0) is 66.9 Å². The largest absolute Gasteiger partial charge is 0.395 e. The molecule has 2 heterocycles. The summed E-state index contributed by atoms with van der Waals surface area (Å²) in [7, 11) is -3.69. The summed E-state index contributed by atoms with van der Waals surface area (Å²) in [6.45, 7) is 0.373. The fourth-order valence-corrected chi connectivity index (χ4v) is 6.74. The highest BCUT2D eigenvalue weighted by atomic mass is 79.9. The molecule has 1 aromatic heterocycles. The van der Waals surface area contributed by atoms with Gasteiger partial charge in [0, 0.05) is 23.0 Å². The average molecular weight is 518 g/mol. The van der Waals surface area contributed by atoms with Gasteiger partial charge in [-0.3, -0.25) is 0 Å². The predicted octanol–water partition coefficient (Wildman–Crippen LogP) is 3.79. The fraction of sp³-hybridized carbons (Fsp3) is 0.261. The van der Waals surface area contributed by atoms with E-state index in [1.54, 1.807) is 47.3 Å². The zero-order chi connectivity index (χ0) is 22.5. The number of halogens is 2. The highest BCUT2D eigenvalue weighted by Gasteiger charge is 2.45. The number of sulfonamides is 1. The van der Waals surface area contributed by atoms with Crippen molar-refractivity contribution >= 4 is 32.0 Å². The monoisotopic (exact) mass is 517 g/mol. The summed E-state index contributed by atoms with van der Waals surface area (Å²) in [4.78, 5) is 0.230. The normalized spacial score (nSPS) is 21.0. The molecule has 0 radical (unpaired) electrons. The molecule has 0 bridgehead atoms. The maximum absolute atomic E-state index is 13.3. The minimum atomic E-state index is -3.69. The molecule has 6 nitrogen and oxygen atoms in total. The topological polar surface area (TPSA) is 75.4 Å². The Labute approximate surface area is 194 Å². The van der Waals surface area contributed by atoms with Crippen LogP contribution in [0.3, 0.4) is 0 Å². The van der Waals surface area contributed by atoms with Crippen LogP contribution < -0.4 is 0 Å². The standard InChI is InChI=1S/C23H21BrFN3O3S/c24-18-2-1-3-21(11-18)32(30,31)27-9-8-17-10-22-16(12-23(17,14-27)15-29)13-26-28(22)20-6-4-19(25)5-7-20/h1-7,10-11,13,29H,8-9,12,14-15H2/t23-/m1/s1. The SMILES string of the molecule is O=S(=O)(c1cccc(Br)c1)N1CCC2=Cc3c(cnn3-c3ccc(F)cc3)C[C@]2(CO)C1. The number of aromatic nitrogens is 2. The molecular weight excluding hydrogens is 497 g/mol. The Balaban J connectivity index is 1.49. The van der Waals surface area contributed by atoms with Crippen LogP contribution >= 0.6 is 15.9 Å². The lowest BCUT2D eigenvalue weighted by atomic mass is 9.69. The molecule has 1 saturated heterocycles. The first-order valence-electron chi connectivity index (χ1n) is 10.2. The van der Waals surface area contributed by atoms with Crippen LogP contribution in [0.5, 0.6) is 0 Å². The van der Waals surface area contributed by atoms with Gasteiger partial charge >= 0.3 is 0 Å². The van der Waals surface area contributed by atoms with Gasteiger partial charge in [-0.1, -0.05) is 27.6 Å². The molecule has 32 heavy (non-hydrogen) atoms. The number of fused-ring (bicyclic) bond motifs is 2. The van der Waals surface area contributed by atoms with Crippen LogP contribution in [0.15, 0.2) is 69.7 Å². The summed E-state index contributed by atoms with van der Waals surface area (Å²) in [5.41, 5.74) is 2.88. The predicted molar refractivity (Wildman–Crippen MR) is 122 cm³/mol. The van der Waals surface area contributed by atoms with E-state index in [0.717, 1.165) is 22.5 Å². The van der Waals surface area contributed by atoms with Gasteiger partial charge in [0.1, 0.15) is 5.82 Å². The van der Waals surface area contributed by atoms with E-state index in [0.29, 0.717) is 23.9 Å². The second-order valence-corrected chi connectivity index (χ2v) is 11.1. The minimum Gasteiger partial charge on any atom is -0.395 e. The molecule has 0 saturated carbocycles. The number of rotatable bonds is 4. The Bertz CT molecular complexity index is 1320. The Kier molecular flexibility index (Phi) is 5.32. The Morgan fingerprint density at radius 2 is 1.97 bits per heavy atom. The molecule has 1 atom stereocenters. The van der Waals surface area contributed by atoms with Crippen LogP contribution in [0.25, 0.3) is 11.8 Å². The van der Waals surface area contributed by atoms with Gasteiger partial charge < -0.3 is 5.11 Å². The van der Waals surface area contributed by atoms with Crippen molar-refractivity contribution in [1.29, 1.82) is 0 Å². The molecule has 2 aromatic carbocycles. The third-order valence-electron chi connectivity index (χ3n) is 6.32. The van der Waals surface area contributed by atoms with E-state index in [4.69, 9.17) is 0 Å². The average Bonchev–Trinajstić information content (AvgIpc) is 3.19. The number of aliphatic hydroxyl groups is 1. The van der Waals surface area contributed by atoms with Gasteiger partial charge in [-0.15, -0.1) is 0 Å². The molecule has 3 aromatic rings. The summed E-state index contributed by atoms with van der Waals surface area (Å²) >= 11 is 3.34. The van der Waals surface area contributed by atoms with E-state index >= 15 is 0 Å². The smallest absolute Gasteiger partial charge is 0.243 e. The van der Waals surface area contributed by atoms with Crippen molar-refractivity contribution in [3.05, 3.63) is 81.8 Å². The van der Waals surface area contributed by atoms with E-state index in [1.165, 1.54) is 16.4 Å². The number of piperidine rings is 1. The highest BCUT2D eigenvalue weighted by molar-refractivity contribution is 9.10. The fourth-order valence-electron chi connectivity index (χ4n) is 4.61. The van der Waals surface area contributed by atoms with Gasteiger partial charge in [0.15, 0.2) is 0 Å². The molecule has 1 N–H and O–H groups in total. The van der Waals surface area contributed by atoms with Crippen LogP contribution in [-0.4, -0.2) is 47.3 Å². The van der Waals surface area contributed by atoms with Gasteiger partial charge in [0.25, 0.3) is 0 Å². The van der Waals surface area contributed by atoms with Crippen LogP contribution in [0.4, 0.5) is 4.39 Å². The molecule has 2 aliphatic rings. The summed E-state index contributed by atoms with van der Waals surface area (Å²) in [5.74, 6) is -0.313. The second kappa shape index (κ2) is 7.91. The van der Waals surface area contributed by atoms with Gasteiger partial charge in [0.05, 0.1) is 29.1 Å². The van der Waals surface area contributed by atoms with E-state index < -0.39 is 15.4 Å². The van der Waals surface area contributed by atoms with E-state index in [1.807, 2.05) is 6.08 Å². The van der Waals surface area contributed by atoms with Gasteiger partial charge in [0.2, 0.25) is 10.0 Å². The van der Waals surface area contributed by atoms with E-state index in [-0.39, 0.29) is 23.9 Å². The number of hydrogen-bond donors (Lipinski definition) is 1. The van der Waals surface area contributed by atoms with Crippen molar-refractivity contribution in [3.8, 4) is 5.69 Å². The van der Waals surface area contributed by atoms with Crippen molar-refractivity contribution in [2.45, 2.75) is 17.7 Å². The van der Waals surface area contributed by atoms with Gasteiger partial charge in [-0.2, -0.15) is 9.40 Å². The third kappa shape index (κ3) is 3.53. The highest BCUT2D eigenvalue weighted by Crippen LogP contribution is 2.45. The summed E-state index contributed by atoms with van der Waals surface area (Å²) in [6.07, 6.45) is 4.75. The molecule has 1 fully saturated rings. The molecule has 1 aliphatic heterocycles. The Hall–Kier alpha value is -2.33. The number of benzene rings is 2. The summed E-state index contributed by atoms with van der Waals surface area (Å²) < 4.78 is 43.8. The minimum absolute atomic E-state index is 0.162. The molecule has 1 aliphatic carbocycles. The van der Waals surface area contributed by atoms with Crippen molar-refractivity contribution in [2.75, 3.05) is 19.7 Å². The number of aliphatic hydroxyl groups excluding tert-OH is 1. The van der Waals surface area contributed by atoms with E-state index in [9.17, 15) is 17.9 Å². The molecule has 9 heteroatoms. The first-order chi connectivity index (χ1) is 15.3. The van der Waals surface area contributed by atoms with Crippen molar-refractivity contribution in [3.63, 3.8) is 0 Å². The molecular formula is C23H21BrFN3O3S. The zero-order valence-electron chi connectivity index (χ0n) is 17.1. The van der Waals surface area contributed by atoms with Crippen molar-refractivity contribution in [2.24, 2.45) is 5.41 Å². The van der Waals surface area contributed by atoms with Crippen LogP contribution in [0.1, 0.15) is 17.7 Å². The lowest BCUT2D eigenvalue weighted by molar-refractivity contribution is 0.111. The molecule has 0 spiro atoms. The Morgan fingerprint density at radius 3 is 2.69 bits per heavy atom. The zero-order valence-corrected chi connectivity index (χ0v) is 19.5. The summed E-state index contributed by atoms with van der Waals surface area (Å²) in [6, 6.07) is 12.8. The van der Waals surface area contributed by atoms with Crippen molar-refractivity contribution < 1.29 is 17.9 Å². The van der Waals surface area contributed by atoms with Gasteiger partial charge in [-0.25, -0.2) is 17.5 Å². The number of nitrogens with zero attached hydrogens (tertiary/aromatic N) is 3. The number of hydrogen-bond acceptors (Lipinski definition) is 4. The second-order valence-electron chi connectivity index (χ2n) is 8.27. The van der Waals surface area contributed by atoms with Crippen LogP contribution in [-0.2, 0) is 16.4 Å². The van der Waals surface area contributed by atoms with Crippen LogP contribution in [0.2, 0.25) is 0 Å². The maximum Gasteiger partial charge on any atom is 0.243 e. The molecule has 5 rings (SSSR count). The molecule has 166 valence electrons. The summed E-state index contributed by atoms with van der Waals surface area (Å²) in [5, 5.41) is 14.9. The maximum atomic E-state index is 13.3. The first-order valence-corrected chi connectivity index (χ1v) is 12.5. The molecule has 0 unspecified atom stereocenters. The van der Waals surface area contributed by atoms with Crippen LogP contribution in [0, 0.1) is 11.2 Å².